The summed E-state index contributed by atoms with van der Waals surface area (Å²) >= 11 is 3.61. The number of rotatable bonds is 5. The van der Waals surface area contributed by atoms with Crippen molar-refractivity contribution < 1.29 is 14.6 Å². The Hall–Kier alpha value is -1.07. The standard InChI is InChI=1S/C17H22BrNO3/c1-10-5-13(15-7-12(8-19-15)17(20)21)16(14(18)6-10)22-9-11-3-2-4-11/h5-6,11-12,15,19H,2-4,7-9H2,1H3,(H,20,21). The van der Waals surface area contributed by atoms with E-state index >= 15 is 0 Å². The van der Waals surface area contributed by atoms with Gasteiger partial charge in [0.15, 0.2) is 0 Å². The fraction of sp³-hybridized carbons (Fsp3) is 0.588. The van der Waals surface area contributed by atoms with Crippen LogP contribution in [0.2, 0.25) is 0 Å². The molecule has 1 saturated heterocycles. The van der Waals surface area contributed by atoms with Crippen LogP contribution in [0.5, 0.6) is 5.75 Å². The van der Waals surface area contributed by atoms with Gasteiger partial charge in [-0.15, -0.1) is 0 Å². The molecular formula is C17H22BrNO3. The van der Waals surface area contributed by atoms with Gasteiger partial charge < -0.3 is 15.2 Å². The maximum atomic E-state index is 11.2. The molecule has 2 fully saturated rings. The quantitative estimate of drug-likeness (QED) is 0.833. The lowest BCUT2D eigenvalue weighted by Crippen LogP contribution is -2.21. The Morgan fingerprint density at radius 2 is 2.23 bits per heavy atom. The molecule has 0 bridgehead atoms. The van der Waals surface area contributed by atoms with Crippen molar-refractivity contribution in [2.24, 2.45) is 11.8 Å². The lowest BCUT2D eigenvalue weighted by atomic mass is 9.86. The highest BCUT2D eigenvalue weighted by atomic mass is 79.9. The van der Waals surface area contributed by atoms with E-state index in [0.29, 0.717) is 18.9 Å². The van der Waals surface area contributed by atoms with Gasteiger partial charge in [-0.05, 0) is 59.7 Å². The number of nitrogens with one attached hydrogen (secondary N) is 1. The number of hydrogen-bond acceptors (Lipinski definition) is 3. The van der Waals surface area contributed by atoms with Gasteiger partial charge in [0.05, 0.1) is 17.0 Å². The third kappa shape index (κ3) is 3.30. The summed E-state index contributed by atoms with van der Waals surface area (Å²) in [6, 6.07) is 4.22. The topological polar surface area (TPSA) is 58.6 Å². The molecule has 0 amide bonds. The predicted octanol–water partition coefficient (Wildman–Crippen LogP) is 3.67. The number of benzene rings is 1. The van der Waals surface area contributed by atoms with E-state index in [2.05, 4.69) is 33.4 Å². The van der Waals surface area contributed by atoms with Crippen molar-refractivity contribution in [1.29, 1.82) is 0 Å². The molecular weight excluding hydrogens is 346 g/mol. The van der Waals surface area contributed by atoms with Gasteiger partial charge in [-0.1, -0.05) is 12.5 Å². The minimum absolute atomic E-state index is 0.0497. The van der Waals surface area contributed by atoms with Crippen LogP contribution in [-0.2, 0) is 4.79 Å². The van der Waals surface area contributed by atoms with E-state index in [-0.39, 0.29) is 12.0 Å². The first-order valence-corrected chi connectivity index (χ1v) is 8.73. The third-order valence-electron chi connectivity index (χ3n) is 4.76. The Morgan fingerprint density at radius 1 is 1.45 bits per heavy atom. The molecule has 5 heteroatoms. The molecule has 120 valence electrons. The summed E-state index contributed by atoms with van der Waals surface area (Å²) in [7, 11) is 0. The number of aryl methyl sites for hydroxylation is 1. The van der Waals surface area contributed by atoms with Crippen molar-refractivity contribution in [2.75, 3.05) is 13.2 Å². The zero-order chi connectivity index (χ0) is 15.7. The number of carboxylic acids is 1. The Balaban J connectivity index is 1.80. The van der Waals surface area contributed by atoms with E-state index in [0.717, 1.165) is 28.0 Å². The second-order valence-corrected chi connectivity index (χ2v) is 7.36. The molecule has 1 heterocycles. The fourth-order valence-electron chi connectivity index (χ4n) is 3.19. The molecule has 0 radical (unpaired) electrons. The number of hydrogen-bond donors (Lipinski definition) is 2. The highest BCUT2D eigenvalue weighted by Crippen LogP contribution is 2.39. The highest BCUT2D eigenvalue weighted by molar-refractivity contribution is 9.10. The molecule has 2 unspecified atom stereocenters. The third-order valence-corrected chi connectivity index (χ3v) is 5.35. The minimum atomic E-state index is -0.723. The molecule has 4 nitrogen and oxygen atoms in total. The zero-order valence-electron chi connectivity index (χ0n) is 12.8. The molecule has 22 heavy (non-hydrogen) atoms. The summed E-state index contributed by atoms with van der Waals surface area (Å²) in [4.78, 5) is 11.2. The average Bonchev–Trinajstić information content (AvgIpc) is 2.88. The lowest BCUT2D eigenvalue weighted by Gasteiger charge is -2.27. The second kappa shape index (κ2) is 6.59. The van der Waals surface area contributed by atoms with E-state index in [9.17, 15) is 9.90 Å². The first-order chi connectivity index (χ1) is 10.5. The van der Waals surface area contributed by atoms with Gasteiger partial charge in [0.2, 0.25) is 0 Å². The number of ether oxygens (including phenoxy) is 1. The summed E-state index contributed by atoms with van der Waals surface area (Å²) in [6.45, 7) is 3.32. The number of aliphatic carboxylic acids is 1. The van der Waals surface area contributed by atoms with E-state index in [1.807, 2.05) is 6.92 Å². The summed E-state index contributed by atoms with van der Waals surface area (Å²) in [5.41, 5.74) is 2.23. The molecule has 1 aliphatic heterocycles. The molecule has 1 aromatic carbocycles. The van der Waals surface area contributed by atoms with Crippen molar-refractivity contribution >= 4 is 21.9 Å². The molecule has 1 aromatic rings. The normalized spacial score (nSPS) is 25.0. The number of carbonyl (C=O) groups is 1. The van der Waals surface area contributed by atoms with Crippen LogP contribution < -0.4 is 10.1 Å². The van der Waals surface area contributed by atoms with Gasteiger partial charge in [-0.2, -0.15) is 0 Å². The zero-order valence-corrected chi connectivity index (χ0v) is 14.4. The average molecular weight is 368 g/mol. The second-order valence-electron chi connectivity index (χ2n) is 6.50. The van der Waals surface area contributed by atoms with Crippen molar-refractivity contribution in [1.82, 2.24) is 5.32 Å². The molecule has 1 saturated carbocycles. The first kappa shape index (κ1) is 15.8. The Bertz CT molecular complexity index is 571. The molecule has 0 spiro atoms. The van der Waals surface area contributed by atoms with Crippen LogP contribution in [0.1, 0.15) is 42.9 Å². The predicted molar refractivity (Wildman–Crippen MR) is 88.2 cm³/mol. The maximum Gasteiger partial charge on any atom is 0.307 e. The van der Waals surface area contributed by atoms with Crippen molar-refractivity contribution in [2.45, 2.75) is 38.6 Å². The van der Waals surface area contributed by atoms with E-state index in [1.54, 1.807) is 0 Å². The van der Waals surface area contributed by atoms with E-state index < -0.39 is 5.97 Å². The maximum absolute atomic E-state index is 11.2. The molecule has 3 rings (SSSR count). The fourth-order valence-corrected chi connectivity index (χ4v) is 3.89. The highest BCUT2D eigenvalue weighted by Gasteiger charge is 2.32. The number of halogens is 1. The summed E-state index contributed by atoms with van der Waals surface area (Å²) in [5, 5.41) is 12.5. The van der Waals surface area contributed by atoms with Crippen LogP contribution in [-0.4, -0.2) is 24.2 Å². The van der Waals surface area contributed by atoms with Crippen molar-refractivity contribution in [3.8, 4) is 5.75 Å². The van der Waals surface area contributed by atoms with Crippen LogP contribution in [0.25, 0.3) is 0 Å². The van der Waals surface area contributed by atoms with Crippen LogP contribution in [0.15, 0.2) is 16.6 Å². The molecule has 1 aliphatic carbocycles. The Kier molecular flexibility index (Phi) is 4.73. The lowest BCUT2D eigenvalue weighted by molar-refractivity contribution is -0.141. The van der Waals surface area contributed by atoms with Crippen molar-refractivity contribution in [3.63, 3.8) is 0 Å². The molecule has 0 aromatic heterocycles. The Labute approximate surface area is 139 Å². The van der Waals surface area contributed by atoms with Crippen LogP contribution in [0.4, 0.5) is 0 Å². The SMILES string of the molecule is Cc1cc(Br)c(OCC2CCC2)c(C2CC(C(=O)O)CN2)c1. The van der Waals surface area contributed by atoms with Gasteiger partial charge in [0.1, 0.15) is 5.75 Å². The Morgan fingerprint density at radius 3 is 2.82 bits per heavy atom. The van der Waals surface area contributed by atoms with E-state index in [1.165, 1.54) is 19.3 Å². The van der Waals surface area contributed by atoms with Gasteiger partial charge in [0, 0.05) is 18.2 Å². The summed E-state index contributed by atoms with van der Waals surface area (Å²) in [6.07, 6.45) is 4.43. The largest absolute Gasteiger partial charge is 0.492 e. The number of carboxylic acid groups (broad SMARTS) is 1. The van der Waals surface area contributed by atoms with Crippen LogP contribution >= 0.6 is 15.9 Å². The first-order valence-electron chi connectivity index (χ1n) is 7.93. The minimum Gasteiger partial charge on any atom is -0.492 e. The summed E-state index contributed by atoms with van der Waals surface area (Å²) in [5.74, 6) is 0.507. The van der Waals surface area contributed by atoms with Gasteiger partial charge >= 0.3 is 5.97 Å². The van der Waals surface area contributed by atoms with Gasteiger partial charge in [0.25, 0.3) is 0 Å². The van der Waals surface area contributed by atoms with Crippen LogP contribution in [0, 0.1) is 18.8 Å². The van der Waals surface area contributed by atoms with Gasteiger partial charge in [-0.3, -0.25) is 4.79 Å². The van der Waals surface area contributed by atoms with Gasteiger partial charge in [-0.25, -0.2) is 0 Å². The molecule has 2 atom stereocenters. The van der Waals surface area contributed by atoms with Crippen LogP contribution in [0.3, 0.4) is 0 Å². The summed E-state index contributed by atoms with van der Waals surface area (Å²) < 4.78 is 7.06. The smallest absolute Gasteiger partial charge is 0.307 e. The van der Waals surface area contributed by atoms with Crippen molar-refractivity contribution in [3.05, 3.63) is 27.7 Å². The molecule has 2 N–H and O–H groups in total. The van der Waals surface area contributed by atoms with E-state index in [4.69, 9.17) is 4.74 Å². The monoisotopic (exact) mass is 367 g/mol. The molecule has 2 aliphatic rings.